The Morgan fingerprint density at radius 1 is 1.32 bits per heavy atom. The third-order valence-electron chi connectivity index (χ3n) is 4.07. The van der Waals surface area contributed by atoms with Crippen LogP contribution in [0.3, 0.4) is 0 Å². The molecule has 1 aromatic carbocycles. The highest BCUT2D eigenvalue weighted by atomic mass is 35.5. The average Bonchev–Trinajstić information content (AvgIpc) is 3.14. The van der Waals surface area contributed by atoms with Gasteiger partial charge >= 0.3 is 0 Å². The van der Waals surface area contributed by atoms with Crippen LogP contribution in [-0.4, -0.2) is 50.1 Å². The molecular formula is C19H24ClN3O5. The Morgan fingerprint density at radius 3 is 2.64 bits per heavy atom. The van der Waals surface area contributed by atoms with Crippen LogP contribution in [0, 0.1) is 0 Å². The van der Waals surface area contributed by atoms with Gasteiger partial charge in [0, 0.05) is 25.8 Å². The monoisotopic (exact) mass is 409 g/mol. The number of Topliss-reactive ketones (excluding diaryl/α,β-unsaturated/α-hetero) is 1. The molecule has 1 heterocycles. The second-order valence-corrected chi connectivity index (χ2v) is 6.75. The Balaban J connectivity index is 2.29. The molecule has 0 aliphatic heterocycles. The van der Waals surface area contributed by atoms with Crippen LogP contribution in [0.25, 0.3) is 0 Å². The van der Waals surface area contributed by atoms with Crippen molar-refractivity contribution in [3.05, 3.63) is 34.7 Å². The van der Waals surface area contributed by atoms with Crippen molar-refractivity contribution in [2.45, 2.75) is 26.8 Å². The largest absolute Gasteiger partial charge is 0.490 e. The van der Waals surface area contributed by atoms with Crippen LogP contribution < -0.4 is 15.0 Å². The summed E-state index contributed by atoms with van der Waals surface area (Å²) >= 11 is 6.38. The van der Waals surface area contributed by atoms with Crippen molar-refractivity contribution in [3.8, 4) is 5.75 Å². The van der Waals surface area contributed by atoms with Crippen LogP contribution in [0.1, 0.15) is 41.6 Å². The van der Waals surface area contributed by atoms with Gasteiger partial charge < -0.3 is 24.1 Å². The van der Waals surface area contributed by atoms with E-state index in [9.17, 15) is 9.59 Å². The van der Waals surface area contributed by atoms with Gasteiger partial charge in [-0.25, -0.2) is 0 Å². The van der Waals surface area contributed by atoms with Gasteiger partial charge in [0.15, 0.2) is 11.5 Å². The number of benzene rings is 1. The molecule has 9 heteroatoms. The summed E-state index contributed by atoms with van der Waals surface area (Å²) < 4.78 is 15.8. The molecule has 1 aromatic heterocycles. The van der Waals surface area contributed by atoms with E-state index in [0.29, 0.717) is 18.4 Å². The van der Waals surface area contributed by atoms with E-state index in [1.807, 2.05) is 20.9 Å². The number of ketones is 1. The zero-order valence-corrected chi connectivity index (χ0v) is 17.3. The topological polar surface area (TPSA) is 93.9 Å². The summed E-state index contributed by atoms with van der Waals surface area (Å²) in [5.41, 5.74) is 0.495. The number of anilines is 2. The molecule has 1 N–H and O–H groups in total. The van der Waals surface area contributed by atoms with Crippen LogP contribution in [-0.2, 0) is 4.74 Å². The van der Waals surface area contributed by atoms with Gasteiger partial charge in [-0.2, -0.15) is 4.98 Å². The summed E-state index contributed by atoms with van der Waals surface area (Å²) in [4.78, 5) is 30.6. The number of nitrogens with one attached hydrogen (secondary N) is 1. The summed E-state index contributed by atoms with van der Waals surface area (Å²) in [6.07, 6.45) is 1.25. The maximum absolute atomic E-state index is 12.6. The lowest BCUT2D eigenvalue weighted by Crippen LogP contribution is -2.26. The van der Waals surface area contributed by atoms with Gasteiger partial charge in [0.05, 0.1) is 12.3 Å². The van der Waals surface area contributed by atoms with Crippen molar-refractivity contribution < 1.29 is 23.5 Å². The summed E-state index contributed by atoms with van der Waals surface area (Å²) in [6, 6.07) is 3.59. The fraction of sp³-hybridized carbons (Fsp3) is 0.421. The smallest absolute Gasteiger partial charge is 0.297 e. The van der Waals surface area contributed by atoms with Crippen molar-refractivity contribution in [2.75, 3.05) is 37.6 Å². The summed E-state index contributed by atoms with van der Waals surface area (Å²) in [5, 5.41) is 2.77. The number of carbonyl (C=O) groups is 2. The number of hydrogen-bond donors (Lipinski definition) is 1. The van der Waals surface area contributed by atoms with E-state index in [1.165, 1.54) is 13.2 Å². The van der Waals surface area contributed by atoms with Gasteiger partial charge in [0.1, 0.15) is 23.6 Å². The lowest BCUT2D eigenvalue weighted by Gasteiger charge is -2.18. The van der Waals surface area contributed by atoms with Crippen LogP contribution in [0.5, 0.6) is 5.75 Å². The van der Waals surface area contributed by atoms with Crippen molar-refractivity contribution in [1.29, 1.82) is 0 Å². The van der Waals surface area contributed by atoms with Crippen LogP contribution in [0.4, 0.5) is 11.7 Å². The fourth-order valence-corrected chi connectivity index (χ4v) is 2.51. The highest BCUT2D eigenvalue weighted by molar-refractivity contribution is 6.36. The molecule has 0 fully saturated rings. The number of nitrogens with zero attached hydrogens (tertiary/aromatic N) is 2. The molecule has 0 saturated carbocycles. The molecule has 0 saturated heterocycles. The maximum Gasteiger partial charge on any atom is 0.297 e. The first-order valence-corrected chi connectivity index (χ1v) is 9.09. The molecule has 28 heavy (non-hydrogen) atoms. The minimum absolute atomic E-state index is 0.0683. The minimum atomic E-state index is -0.550. The Labute approximate surface area is 168 Å². The van der Waals surface area contributed by atoms with Gasteiger partial charge in [0.2, 0.25) is 0 Å². The van der Waals surface area contributed by atoms with E-state index >= 15 is 0 Å². The highest BCUT2D eigenvalue weighted by Crippen LogP contribution is 2.36. The van der Waals surface area contributed by atoms with Crippen LogP contribution in [0.15, 0.2) is 22.8 Å². The number of oxazole rings is 1. The predicted octanol–water partition coefficient (Wildman–Crippen LogP) is 3.65. The minimum Gasteiger partial charge on any atom is -0.490 e. The molecular weight excluding hydrogens is 386 g/mol. The first kappa shape index (κ1) is 21.7. The van der Waals surface area contributed by atoms with Crippen molar-refractivity contribution in [2.24, 2.45) is 0 Å². The number of aromatic nitrogens is 1. The third kappa shape index (κ3) is 5.02. The van der Waals surface area contributed by atoms with Crippen molar-refractivity contribution >= 4 is 35.0 Å². The van der Waals surface area contributed by atoms with Gasteiger partial charge in [0.25, 0.3) is 11.9 Å². The Hall–Kier alpha value is -2.58. The quantitative estimate of drug-likeness (QED) is 0.499. The molecule has 0 unspecified atom stereocenters. The predicted molar refractivity (Wildman–Crippen MR) is 107 cm³/mol. The van der Waals surface area contributed by atoms with Crippen molar-refractivity contribution in [3.63, 3.8) is 0 Å². The Morgan fingerprint density at radius 2 is 2.04 bits per heavy atom. The molecule has 2 aromatic rings. The molecule has 0 atom stereocenters. The zero-order chi connectivity index (χ0) is 20.8. The molecule has 0 radical (unpaired) electrons. The third-order valence-corrected chi connectivity index (χ3v) is 4.45. The standard InChI is InChI=1S/C19H24ClN3O5/c1-11(2)23(4)19-21-14(10-28-19)18(25)22-17-13(12(3)24)6-7-15(16(17)20)27-9-8-26-5/h6-7,10-11H,8-9H2,1-5H3,(H,22,25). The first-order valence-electron chi connectivity index (χ1n) is 8.71. The average molecular weight is 410 g/mol. The van der Waals surface area contributed by atoms with Crippen LogP contribution >= 0.6 is 11.6 Å². The summed E-state index contributed by atoms with van der Waals surface area (Å²) in [7, 11) is 3.36. The molecule has 0 bridgehead atoms. The molecule has 8 nitrogen and oxygen atoms in total. The molecule has 2 rings (SSSR count). The summed E-state index contributed by atoms with van der Waals surface area (Å²) in [6.45, 7) is 5.98. The Bertz CT molecular complexity index is 850. The number of hydrogen-bond acceptors (Lipinski definition) is 7. The molecule has 0 spiro atoms. The number of ether oxygens (including phenoxy) is 2. The lowest BCUT2D eigenvalue weighted by atomic mass is 10.1. The fourth-order valence-electron chi connectivity index (χ4n) is 2.25. The van der Waals surface area contributed by atoms with E-state index in [-0.39, 0.29) is 40.4 Å². The molecule has 0 aliphatic rings. The van der Waals surface area contributed by atoms with Gasteiger partial charge in [-0.15, -0.1) is 0 Å². The number of carbonyl (C=O) groups excluding carboxylic acids is 2. The number of methoxy groups -OCH3 is 1. The zero-order valence-electron chi connectivity index (χ0n) is 16.5. The van der Waals surface area contributed by atoms with E-state index in [1.54, 1.807) is 24.1 Å². The van der Waals surface area contributed by atoms with E-state index in [4.69, 9.17) is 25.5 Å². The molecule has 0 aliphatic carbocycles. The first-order chi connectivity index (χ1) is 13.3. The number of rotatable bonds is 9. The van der Waals surface area contributed by atoms with Gasteiger partial charge in [-0.1, -0.05) is 11.6 Å². The van der Waals surface area contributed by atoms with E-state index in [2.05, 4.69) is 10.3 Å². The Kier molecular flexibility index (Phi) is 7.42. The van der Waals surface area contributed by atoms with E-state index in [0.717, 1.165) is 0 Å². The SMILES string of the molecule is COCCOc1ccc(C(C)=O)c(NC(=O)c2coc(N(C)C(C)C)n2)c1Cl. The van der Waals surface area contributed by atoms with Crippen LogP contribution in [0.2, 0.25) is 5.02 Å². The van der Waals surface area contributed by atoms with E-state index < -0.39 is 5.91 Å². The summed E-state index contributed by atoms with van der Waals surface area (Å²) in [5.74, 6) is -0.467. The highest BCUT2D eigenvalue weighted by Gasteiger charge is 2.21. The van der Waals surface area contributed by atoms with Crippen molar-refractivity contribution in [1.82, 2.24) is 4.98 Å². The number of amides is 1. The molecule has 152 valence electrons. The second kappa shape index (κ2) is 9.57. The normalized spacial score (nSPS) is 10.8. The molecule has 1 amide bonds. The second-order valence-electron chi connectivity index (χ2n) is 6.37. The van der Waals surface area contributed by atoms with Gasteiger partial charge in [-0.3, -0.25) is 9.59 Å². The number of halogens is 1. The maximum atomic E-state index is 12.6. The van der Waals surface area contributed by atoms with Gasteiger partial charge in [-0.05, 0) is 32.9 Å². The lowest BCUT2D eigenvalue weighted by molar-refractivity contribution is 0.101.